The van der Waals surface area contributed by atoms with E-state index in [1.807, 2.05) is 32.0 Å². The molecule has 18 heavy (non-hydrogen) atoms. The van der Waals surface area contributed by atoms with Crippen LogP contribution in [0.5, 0.6) is 0 Å². The van der Waals surface area contributed by atoms with Crippen LogP contribution < -0.4 is 10.6 Å². The maximum atomic E-state index is 12.2. The van der Waals surface area contributed by atoms with Crippen LogP contribution in [0.15, 0.2) is 24.3 Å². The van der Waals surface area contributed by atoms with Crippen LogP contribution in [-0.4, -0.2) is 25.0 Å². The summed E-state index contributed by atoms with van der Waals surface area (Å²) >= 11 is 0. The zero-order chi connectivity index (χ0) is 13.0. The van der Waals surface area contributed by atoms with Crippen molar-refractivity contribution < 1.29 is 4.79 Å². The molecule has 0 saturated carbocycles. The molecule has 1 saturated heterocycles. The average Bonchev–Trinajstić information content (AvgIpc) is 2.39. The van der Waals surface area contributed by atoms with E-state index < -0.39 is 0 Å². The van der Waals surface area contributed by atoms with Gasteiger partial charge in [-0.2, -0.15) is 0 Å². The number of amides is 1. The first-order chi connectivity index (χ1) is 8.68. The van der Waals surface area contributed by atoms with E-state index >= 15 is 0 Å². The number of hydrogen-bond acceptors (Lipinski definition) is 2. The average molecular weight is 246 g/mol. The lowest BCUT2D eigenvalue weighted by Gasteiger charge is -2.25. The smallest absolute Gasteiger partial charge is 0.251 e. The molecule has 2 rings (SSSR count). The highest BCUT2D eigenvalue weighted by Gasteiger charge is 2.20. The van der Waals surface area contributed by atoms with Crippen molar-refractivity contribution >= 4 is 5.91 Å². The van der Waals surface area contributed by atoms with Crippen molar-refractivity contribution in [2.24, 2.45) is 0 Å². The number of piperidine rings is 1. The summed E-state index contributed by atoms with van der Waals surface area (Å²) in [7, 11) is 0. The normalized spacial score (nSPS) is 16.8. The molecule has 0 radical (unpaired) electrons. The Morgan fingerprint density at radius 2 is 1.94 bits per heavy atom. The fraction of sp³-hybridized carbons (Fsp3) is 0.533. The van der Waals surface area contributed by atoms with Crippen molar-refractivity contribution in [3.63, 3.8) is 0 Å². The second kappa shape index (κ2) is 6.01. The molecule has 3 nitrogen and oxygen atoms in total. The Morgan fingerprint density at radius 3 is 2.61 bits per heavy atom. The van der Waals surface area contributed by atoms with E-state index in [2.05, 4.69) is 16.7 Å². The van der Waals surface area contributed by atoms with E-state index in [1.54, 1.807) is 0 Å². The molecule has 1 aliphatic rings. The Balaban J connectivity index is 2.21. The van der Waals surface area contributed by atoms with Crippen molar-refractivity contribution in [1.82, 2.24) is 10.6 Å². The Labute approximate surface area is 109 Å². The van der Waals surface area contributed by atoms with Crippen LogP contribution in [0, 0.1) is 0 Å². The second-order valence-electron chi connectivity index (χ2n) is 5.24. The molecule has 0 aromatic heterocycles. The van der Waals surface area contributed by atoms with E-state index in [0.717, 1.165) is 31.5 Å². The summed E-state index contributed by atoms with van der Waals surface area (Å²) in [6, 6.07) is 8.20. The van der Waals surface area contributed by atoms with Crippen LogP contribution in [0.4, 0.5) is 0 Å². The van der Waals surface area contributed by atoms with Crippen LogP contribution in [0.3, 0.4) is 0 Å². The maximum Gasteiger partial charge on any atom is 0.251 e. The molecular weight excluding hydrogens is 224 g/mol. The van der Waals surface area contributed by atoms with Crippen molar-refractivity contribution in [2.75, 3.05) is 13.1 Å². The van der Waals surface area contributed by atoms with Crippen LogP contribution in [0.25, 0.3) is 0 Å². The summed E-state index contributed by atoms with van der Waals surface area (Å²) in [6.45, 7) is 6.08. The SMILES string of the molecule is CC(C)NC(=O)c1ccccc1C1CCNCC1. The van der Waals surface area contributed by atoms with Crippen LogP contribution in [0.1, 0.15) is 48.5 Å². The van der Waals surface area contributed by atoms with Gasteiger partial charge in [0.25, 0.3) is 5.91 Å². The highest BCUT2D eigenvalue weighted by Crippen LogP contribution is 2.27. The van der Waals surface area contributed by atoms with Crippen molar-refractivity contribution in [3.05, 3.63) is 35.4 Å². The summed E-state index contributed by atoms with van der Waals surface area (Å²) < 4.78 is 0. The number of rotatable bonds is 3. The molecule has 0 atom stereocenters. The Hall–Kier alpha value is -1.35. The van der Waals surface area contributed by atoms with Crippen LogP contribution in [0.2, 0.25) is 0 Å². The van der Waals surface area contributed by atoms with Gasteiger partial charge >= 0.3 is 0 Å². The summed E-state index contributed by atoms with van der Waals surface area (Å²) in [5.74, 6) is 0.569. The number of nitrogens with one attached hydrogen (secondary N) is 2. The van der Waals surface area contributed by atoms with Crippen LogP contribution in [-0.2, 0) is 0 Å². The van der Waals surface area contributed by atoms with Gasteiger partial charge in [0.15, 0.2) is 0 Å². The molecule has 1 aromatic carbocycles. The first-order valence-corrected chi connectivity index (χ1v) is 6.79. The minimum Gasteiger partial charge on any atom is -0.350 e. The monoisotopic (exact) mass is 246 g/mol. The van der Waals surface area contributed by atoms with Gasteiger partial charge < -0.3 is 10.6 Å². The summed E-state index contributed by atoms with van der Waals surface area (Å²) in [5.41, 5.74) is 2.05. The van der Waals surface area contributed by atoms with Gasteiger partial charge in [0, 0.05) is 11.6 Å². The third kappa shape index (κ3) is 3.10. The van der Waals surface area contributed by atoms with E-state index in [4.69, 9.17) is 0 Å². The quantitative estimate of drug-likeness (QED) is 0.859. The predicted octanol–water partition coefficient (Wildman–Crippen LogP) is 2.29. The summed E-state index contributed by atoms with van der Waals surface area (Å²) in [5, 5.41) is 6.35. The highest BCUT2D eigenvalue weighted by atomic mass is 16.1. The molecule has 1 aliphatic heterocycles. The van der Waals surface area contributed by atoms with E-state index in [9.17, 15) is 4.79 Å². The van der Waals surface area contributed by atoms with Gasteiger partial charge in [-0.25, -0.2) is 0 Å². The maximum absolute atomic E-state index is 12.2. The fourth-order valence-electron chi connectivity index (χ4n) is 2.53. The molecule has 1 aromatic rings. The molecule has 1 fully saturated rings. The molecule has 1 heterocycles. The minimum atomic E-state index is 0.0548. The largest absolute Gasteiger partial charge is 0.350 e. The van der Waals surface area contributed by atoms with E-state index in [0.29, 0.717) is 5.92 Å². The summed E-state index contributed by atoms with van der Waals surface area (Å²) in [4.78, 5) is 12.2. The van der Waals surface area contributed by atoms with Gasteiger partial charge in [-0.1, -0.05) is 18.2 Å². The first-order valence-electron chi connectivity index (χ1n) is 6.79. The molecule has 0 aliphatic carbocycles. The van der Waals surface area contributed by atoms with Gasteiger partial charge in [0.1, 0.15) is 0 Å². The molecule has 0 unspecified atom stereocenters. The Bertz CT molecular complexity index is 409. The van der Waals surface area contributed by atoms with E-state index in [-0.39, 0.29) is 11.9 Å². The number of carbonyl (C=O) groups is 1. The van der Waals surface area contributed by atoms with Crippen molar-refractivity contribution in [1.29, 1.82) is 0 Å². The lowest BCUT2D eigenvalue weighted by molar-refractivity contribution is 0.0941. The predicted molar refractivity (Wildman–Crippen MR) is 73.9 cm³/mol. The third-order valence-electron chi connectivity index (χ3n) is 3.40. The molecule has 3 heteroatoms. The van der Waals surface area contributed by atoms with Crippen LogP contribution >= 0.6 is 0 Å². The molecule has 98 valence electrons. The molecule has 1 amide bonds. The standard InChI is InChI=1S/C15H22N2O/c1-11(2)17-15(18)14-6-4-3-5-13(14)12-7-9-16-10-8-12/h3-6,11-12,16H,7-10H2,1-2H3,(H,17,18). The molecule has 0 spiro atoms. The van der Waals surface area contributed by atoms with Gasteiger partial charge in [-0.3, -0.25) is 4.79 Å². The van der Waals surface area contributed by atoms with E-state index in [1.165, 1.54) is 5.56 Å². The Kier molecular flexibility index (Phi) is 4.37. The molecule has 2 N–H and O–H groups in total. The second-order valence-corrected chi connectivity index (χ2v) is 5.24. The van der Waals surface area contributed by atoms with Gasteiger partial charge in [0.2, 0.25) is 0 Å². The van der Waals surface area contributed by atoms with Gasteiger partial charge in [-0.05, 0) is 57.3 Å². The summed E-state index contributed by atoms with van der Waals surface area (Å²) in [6.07, 6.45) is 2.23. The highest BCUT2D eigenvalue weighted by molar-refractivity contribution is 5.96. The number of carbonyl (C=O) groups excluding carboxylic acids is 1. The lowest BCUT2D eigenvalue weighted by Crippen LogP contribution is -2.32. The van der Waals surface area contributed by atoms with Crippen molar-refractivity contribution in [2.45, 2.75) is 38.6 Å². The zero-order valence-corrected chi connectivity index (χ0v) is 11.2. The lowest BCUT2D eigenvalue weighted by atomic mass is 9.87. The number of benzene rings is 1. The van der Waals surface area contributed by atoms with Crippen molar-refractivity contribution in [3.8, 4) is 0 Å². The minimum absolute atomic E-state index is 0.0548. The Morgan fingerprint density at radius 1 is 1.28 bits per heavy atom. The topological polar surface area (TPSA) is 41.1 Å². The molecule has 0 bridgehead atoms. The third-order valence-corrected chi connectivity index (χ3v) is 3.40. The van der Waals surface area contributed by atoms with Gasteiger partial charge in [0.05, 0.1) is 0 Å². The molecular formula is C15H22N2O. The zero-order valence-electron chi connectivity index (χ0n) is 11.2. The first kappa shape index (κ1) is 13.1. The fourth-order valence-corrected chi connectivity index (χ4v) is 2.53. The number of hydrogen-bond donors (Lipinski definition) is 2. The van der Waals surface area contributed by atoms with Gasteiger partial charge in [-0.15, -0.1) is 0 Å².